The molecule has 0 aliphatic rings. The van der Waals surface area contributed by atoms with Crippen LogP contribution < -0.4 is 5.63 Å². The lowest BCUT2D eigenvalue weighted by atomic mass is 9.72. The third-order valence-electron chi connectivity index (χ3n) is 8.24. The average molecular weight is 589 g/mol. The molecule has 0 radical (unpaired) electrons. The molecule has 0 aliphatic carbocycles. The Balaban J connectivity index is 1.73. The SMILES string of the molecule is CCCCCc1ccc(-c2cc3ccc(CC(C)(C)CC(C)(C)OC(=O)C(CC(C)(C)C)C(C)(C)C)cc3oc2=O)cc1. The molecule has 0 saturated carbocycles. The van der Waals surface area contributed by atoms with Crippen molar-refractivity contribution in [2.75, 3.05) is 0 Å². The molecule has 0 aliphatic heterocycles. The summed E-state index contributed by atoms with van der Waals surface area (Å²) in [5.41, 5.74) is 3.21. The van der Waals surface area contributed by atoms with E-state index in [1.807, 2.05) is 44.2 Å². The maximum atomic E-state index is 13.4. The molecule has 2 aromatic carbocycles. The number of ether oxygens (including phenoxy) is 1. The van der Waals surface area contributed by atoms with E-state index in [9.17, 15) is 9.59 Å². The number of esters is 1. The van der Waals surface area contributed by atoms with Gasteiger partial charge in [0, 0.05) is 5.39 Å². The number of aryl methyl sites for hydroxylation is 1. The van der Waals surface area contributed by atoms with Crippen LogP contribution in [0.5, 0.6) is 0 Å². The van der Waals surface area contributed by atoms with Gasteiger partial charge in [0.15, 0.2) is 0 Å². The van der Waals surface area contributed by atoms with Gasteiger partial charge in [-0.25, -0.2) is 4.79 Å². The number of rotatable bonds is 12. The van der Waals surface area contributed by atoms with Crippen molar-refractivity contribution in [3.63, 3.8) is 0 Å². The molecule has 0 N–H and O–H groups in total. The first kappa shape index (κ1) is 34.6. The summed E-state index contributed by atoms with van der Waals surface area (Å²) >= 11 is 0. The van der Waals surface area contributed by atoms with E-state index < -0.39 is 5.60 Å². The van der Waals surface area contributed by atoms with Gasteiger partial charge in [-0.3, -0.25) is 4.79 Å². The molecule has 1 aromatic heterocycles. The fraction of sp³-hybridized carbons (Fsp3) is 0.590. The molecular weight excluding hydrogens is 532 g/mol. The first-order chi connectivity index (χ1) is 19.8. The first-order valence-corrected chi connectivity index (χ1v) is 16.2. The van der Waals surface area contributed by atoms with Gasteiger partial charge in [0.25, 0.3) is 0 Å². The molecule has 43 heavy (non-hydrogen) atoms. The van der Waals surface area contributed by atoms with E-state index in [0.717, 1.165) is 35.8 Å². The summed E-state index contributed by atoms with van der Waals surface area (Å²) in [7, 11) is 0. The molecule has 4 heteroatoms. The molecule has 1 heterocycles. The molecule has 0 fully saturated rings. The van der Waals surface area contributed by atoms with Crippen LogP contribution in [-0.2, 0) is 22.4 Å². The third-order valence-corrected chi connectivity index (χ3v) is 8.24. The molecule has 236 valence electrons. The van der Waals surface area contributed by atoms with Crippen LogP contribution in [0.4, 0.5) is 0 Å². The summed E-state index contributed by atoms with van der Waals surface area (Å²) in [6.45, 7) is 23.5. The standard InChI is InChI=1S/C39H56O4/c1-12-13-14-15-27-16-19-29(20-17-27)31-23-30-21-18-28(22-33(30)42-34(31)40)24-38(8,9)26-39(10,11)43-35(41)32(37(5,6)7)25-36(2,3)4/h16-23,32H,12-15,24-26H2,1-11H3. The minimum Gasteiger partial charge on any atom is -0.459 e. The number of unbranched alkanes of at least 4 members (excludes halogenated alkanes) is 2. The van der Waals surface area contributed by atoms with Gasteiger partial charge in [0.1, 0.15) is 11.2 Å². The highest BCUT2D eigenvalue weighted by Crippen LogP contribution is 2.40. The van der Waals surface area contributed by atoms with Crippen LogP contribution >= 0.6 is 0 Å². The number of carbonyl (C=O) groups excluding carboxylic acids is 1. The predicted molar refractivity (Wildman–Crippen MR) is 180 cm³/mol. The number of benzene rings is 2. The molecule has 0 saturated heterocycles. The topological polar surface area (TPSA) is 56.5 Å². The number of carbonyl (C=O) groups is 1. The highest BCUT2D eigenvalue weighted by Gasteiger charge is 2.40. The minimum atomic E-state index is -0.619. The molecule has 1 unspecified atom stereocenters. The Morgan fingerprint density at radius 1 is 0.837 bits per heavy atom. The van der Waals surface area contributed by atoms with Gasteiger partial charge in [-0.1, -0.05) is 112 Å². The Labute approximate surface area is 260 Å². The summed E-state index contributed by atoms with van der Waals surface area (Å²) in [6, 6.07) is 16.4. The van der Waals surface area contributed by atoms with E-state index in [0.29, 0.717) is 17.6 Å². The van der Waals surface area contributed by atoms with Crippen LogP contribution in [0, 0.1) is 22.2 Å². The van der Waals surface area contributed by atoms with E-state index in [-0.39, 0.29) is 33.8 Å². The summed E-state index contributed by atoms with van der Waals surface area (Å²) in [4.78, 5) is 26.5. The zero-order valence-corrected chi connectivity index (χ0v) is 28.8. The lowest BCUT2D eigenvalue weighted by Crippen LogP contribution is -2.40. The Bertz CT molecular complexity index is 1430. The Kier molecular flexibility index (Phi) is 10.8. The van der Waals surface area contributed by atoms with Crippen molar-refractivity contribution >= 4 is 16.9 Å². The van der Waals surface area contributed by atoms with Gasteiger partial charge in [0.2, 0.25) is 0 Å². The van der Waals surface area contributed by atoms with E-state index in [2.05, 4.69) is 80.5 Å². The molecule has 0 bridgehead atoms. The number of fused-ring (bicyclic) bond motifs is 1. The van der Waals surface area contributed by atoms with Gasteiger partial charge in [-0.05, 0) is 91.0 Å². The van der Waals surface area contributed by atoms with Crippen molar-refractivity contribution in [3.05, 3.63) is 70.1 Å². The zero-order chi connectivity index (χ0) is 32.2. The van der Waals surface area contributed by atoms with Gasteiger partial charge < -0.3 is 9.15 Å². The lowest BCUT2D eigenvalue weighted by Gasteiger charge is -2.39. The van der Waals surface area contributed by atoms with E-state index >= 15 is 0 Å². The first-order valence-electron chi connectivity index (χ1n) is 16.2. The minimum absolute atomic E-state index is 0.0325. The van der Waals surface area contributed by atoms with Crippen LogP contribution in [0.25, 0.3) is 22.1 Å². The highest BCUT2D eigenvalue weighted by molar-refractivity contribution is 5.82. The molecular formula is C39H56O4. The second kappa shape index (κ2) is 13.4. The van der Waals surface area contributed by atoms with Crippen LogP contribution in [0.3, 0.4) is 0 Å². The summed E-state index contributed by atoms with van der Waals surface area (Å²) in [6.07, 6.45) is 6.93. The highest BCUT2D eigenvalue weighted by atomic mass is 16.6. The fourth-order valence-electron chi connectivity index (χ4n) is 6.40. The maximum absolute atomic E-state index is 13.4. The van der Waals surface area contributed by atoms with Crippen LogP contribution in [-0.4, -0.2) is 11.6 Å². The number of hydrogen-bond donors (Lipinski definition) is 0. The largest absolute Gasteiger partial charge is 0.459 e. The molecule has 3 aromatic rings. The average Bonchev–Trinajstić information content (AvgIpc) is 2.85. The van der Waals surface area contributed by atoms with Gasteiger partial charge in [-0.15, -0.1) is 0 Å². The van der Waals surface area contributed by atoms with Gasteiger partial charge in [-0.2, -0.15) is 0 Å². The van der Waals surface area contributed by atoms with E-state index in [1.54, 1.807) is 0 Å². The van der Waals surface area contributed by atoms with Gasteiger partial charge >= 0.3 is 11.6 Å². The summed E-state index contributed by atoms with van der Waals surface area (Å²) < 4.78 is 12.1. The van der Waals surface area contributed by atoms with Gasteiger partial charge in [0.05, 0.1) is 11.5 Å². The third kappa shape index (κ3) is 10.4. The zero-order valence-electron chi connectivity index (χ0n) is 28.8. The normalized spacial score (nSPS) is 13.7. The lowest BCUT2D eigenvalue weighted by molar-refractivity contribution is -0.169. The van der Waals surface area contributed by atoms with E-state index in [4.69, 9.17) is 9.15 Å². The quantitative estimate of drug-likeness (QED) is 0.120. The number of hydrogen-bond acceptors (Lipinski definition) is 4. The van der Waals surface area contributed by atoms with E-state index in [1.165, 1.54) is 24.8 Å². The Morgan fingerprint density at radius 2 is 1.47 bits per heavy atom. The van der Waals surface area contributed by atoms with Crippen molar-refractivity contribution in [3.8, 4) is 11.1 Å². The van der Waals surface area contributed by atoms with Crippen LogP contribution in [0.2, 0.25) is 0 Å². The Hall–Kier alpha value is -2.88. The smallest absolute Gasteiger partial charge is 0.344 e. The van der Waals surface area contributed by atoms with Crippen molar-refractivity contribution < 1.29 is 13.9 Å². The van der Waals surface area contributed by atoms with Crippen molar-refractivity contribution in [2.45, 2.75) is 127 Å². The molecule has 4 nitrogen and oxygen atoms in total. The van der Waals surface area contributed by atoms with Crippen LogP contribution in [0.1, 0.15) is 119 Å². The fourth-order valence-corrected chi connectivity index (χ4v) is 6.40. The van der Waals surface area contributed by atoms with Crippen molar-refractivity contribution in [1.29, 1.82) is 0 Å². The second-order valence-electron chi connectivity index (χ2n) is 16.4. The predicted octanol–water partition coefficient (Wildman–Crippen LogP) is 10.6. The summed E-state index contributed by atoms with van der Waals surface area (Å²) in [5, 5.41) is 0.907. The van der Waals surface area contributed by atoms with Crippen LogP contribution in [0.15, 0.2) is 57.7 Å². The molecule has 0 amide bonds. The Morgan fingerprint density at radius 3 is 2.05 bits per heavy atom. The summed E-state index contributed by atoms with van der Waals surface area (Å²) in [5.74, 6) is -0.287. The monoisotopic (exact) mass is 588 g/mol. The molecule has 3 rings (SSSR count). The van der Waals surface area contributed by atoms with Crippen molar-refractivity contribution in [1.82, 2.24) is 0 Å². The second-order valence-corrected chi connectivity index (χ2v) is 16.4. The van der Waals surface area contributed by atoms with Crippen molar-refractivity contribution in [2.24, 2.45) is 22.2 Å². The maximum Gasteiger partial charge on any atom is 0.344 e. The molecule has 1 atom stereocenters. The molecule has 0 spiro atoms.